The van der Waals surface area contributed by atoms with Crippen molar-refractivity contribution in [1.82, 2.24) is 19.3 Å². The number of fused-ring (bicyclic) bond motifs is 1. The minimum atomic E-state index is -0.481. The third kappa shape index (κ3) is 6.61. The van der Waals surface area contributed by atoms with Gasteiger partial charge in [0.25, 0.3) is 0 Å². The van der Waals surface area contributed by atoms with E-state index in [1.54, 1.807) is 39.9 Å². The third-order valence-corrected chi connectivity index (χ3v) is 6.80. The van der Waals surface area contributed by atoms with Crippen LogP contribution in [0.2, 0.25) is 0 Å². The Hall–Kier alpha value is -3.81. The topological polar surface area (TPSA) is 124 Å². The summed E-state index contributed by atoms with van der Waals surface area (Å²) in [5.41, 5.74) is 7.43. The summed E-state index contributed by atoms with van der Waals surface area (Å²) in [6.07, 6.45) is 7.10. The summed E-state index contributed by atoms with van der Waals surface area (Å²) in [5.74, 6) is 6.94. The molecule has 10 heteroatoms. The number of phenolic OH excluding ortho intramolecular Hbond substituents is 1. The van der Waals surface area contributed by atoms with Crippen LogP contribution in [0.15, 0.2) is 36.7 Å². The van der Waals surface area contributed by atoms with Crippen LogP contribution in [0.25, 0.3) is 17.0 Å². The van der Waals surface area contributed by atoms with Crippen LogP contribution in [-0.4, -0.2) is 74.1 Å². The Bertz CT molecular complexity index is 1390. The van der Waals surface area contributed by atoms with Gasteiger partial charge < -0.3 is 30.0 Å². The molecule has 1 saturated carbocycles. The molecule has 5 rings (SSSR count). The van der Waals surface area contributed by atoms with Gasteiger partial charge in [0.15, 0.2) is 0 Å². The number of nitrogens with two attached hydrogens (primary N) is 1. The number of aromatic hydroxyl groups is 1. The molecular weight excluding hydrogens is 498 g/mol. The molecule has 3 aromatic rings. The van der Waals surface area contributed by atoms with Gasteiger partial charge in [-0.2, -0.15) is 4.98 Å². The molecule has 1 aliphatic carbocycles. The molecule has 0 atom stereocenters. The van der Waals surface area contributed by atoms with Crippen molar-refractivity contribution in [2.75, 3.05) is 25.4 Å². The highest BCUT2D eigenvalue weighted by Crippen LogP contribution is 2.30. The maximum absolute atomic E-state index is 12.2. The van der Waals surface area contributed by atoms with E-state index in [4.69, 9.17) is 19.9 Å². The molecule has 1 amide bonds. The van der Waals surface area contributed by atoms with Crippen LogP contribution in [0.3, 0.4) is 0 Å². The highest BCUT2D eigenvalue weighted by molar-refractivity contribution is 5.69. The molecule has 2 aromatic heterocycles. The van der Waals surface area contributed by atoms with Gasteiger partial charge in [-0.15, -0.1) is 0 Å². The number of hydrogen-bond acceptors (Lipinski definition) is 8. The molecule has 1 aromatic carbocycles. The quantitative estimate of drug-likeness (QED) is 0.472. The first-order chi connectivity index (χ1) is 18.6. The second-order valence-electron chi connectivity index (χ2n) is 11.0. The molecule has 10 nitrogen and oxygen atoms in total. The first-order valence-corrected chi connectivity index (χ1v) is 13.3. The lowest BCUT2D eigenvalue weighted by atomic mass is 9.91. The summed E-state index contributed by atoms with van der Waals surface area (Å²) in [6, 6.07) is 7.01. The number of piperidine rings is 1. The van der Waals surface area contributed by atoms with Gasteiger partial charge in [-0.3, -0.25) is 4.40 Å². The van der Waals surface area contributed by atoms with Gasteiger partial charge in [-0.1, -0.05) is 24.0 Å². The van der Waals surface area contributed by atoms with Gasteiger partial charge in [0.2, 0.25) is 5.78 Å². The van der Waals surface area contributed by atoms with Crippen molar-refractivity contribution >= 4 is 17.7 Å². The molecule has 1 saturated heterocycles. The fourth-order valence-electron chi connectivity index (χ4n) is 4.68. The van der Waals surface area contributed by atoms with Crippen molar-refractivity contribution in [1.29, 1.82) is 0 Å². The second-order valence-corrected chi connectivity index (χ2v) is 11.0. The number of anilines is 1. The maximum atomic E-state index is 12.2. The lowest BCUT2D eigenvalue weighted by Gasteiger charge is -2.39. The Morgan fingerprint density at radius 1 is 1.10 bits per heavy atom. The van der Waals surface area contributed by atoms with E-state index in [-0.39, 0.29) is 36.8 Å². The van der Waals surface area contributed by atoms with Gasteiger partial charge in [-0.25, -0.2) is 9.78 Å². The number of ether oxygens (including phenoxy) is 3. The number of carbonyl (C=O) groups excluding carboxylic acids is 1. The minimum absolute atomic E-state index is 0.124. The number of amides is 1. The van der Waals surface area contributed by atoms with Crippen molar-refractivity contribution in [3.8, 4) is 28.8 Å². The number of hydrogen-bond donors (Lipinski definition) is 2. The monoisotopic (exact) mass is 533 g/mol. The molecular formula is C29H35N5O5. The van der Waals surface area contributed by atoms with Crippen LogP contribution in [-0.2, 0) is 14.2 Å². The van der Waals surface area contributed by atoms with Gasteiger partial charge in [0.05, 0.1) is 29.6 Å². The van der Waals surface area contributed by atoms with Gasteiger partial charge >= 0.3 is 6.09 Å². The molecule has 0 radical (unpaired) electrons. The zero-order valence-corrected chi connectivity index (χ0v) is 22.6. The fraction of sp³-hybridized carbons (Fsp3) is 0.483. The summed E-state index contributed by atoms with van der Waals surface area (Å²) in [7, 11) is 0. The highest BCUT2D eigenvalue weighted by Gasteiger charge is 2.34. The number of para-hydroxylation sites is 1. The molecule has 1 aliphatic heterocycles. The van der Waals surface area contributed by atoms with Crippen molar-refractivity contribution in [2.45, 2.75) is 70.4 Å². The predicted octanol–water partition coefficient (Wildman–Crippen LogP) is 4.00. The molecule has 206 valence electrons. The van der Waals surface area contributed by atoms with Crippen LogP contribution in [0.4, 0.5) is 10.6 Å². The Kier molecular flexibility index (Phi) is 7.64. The number of nitrogen functional groups attached to an aromatic ring is 1. The summed E-state index contributed by atoms with van der Waals surface area (Å²) < 4.78 is 19.3. The number of phenols is 1. The first kappa shape index (κ1) is 26.8. The van der Waals surface area contributed by atoms with Crippen LogP contribution in [0, 0.1) is 11.8 Å². The zero-order valence-electron chi connectivity index (χ0n) is 22.6. The number of likely N-dealkylation sites (tertiary alicyclic amines) is 1. The SMILES string of the molecule is CC(C)(C)OC(=O)N1CCC(OC2CC(OCC#Cc3cn4cc(-c5ccccc5O)nc4nc3N)C2)CC1. The van der Waals surface area contributed by atoms with Gasteiger partial charge in [0.1, 0.15) is 23.8 Å². The largest absolute Gasteiger partial charge is 0.507 e. The first-order valence-electron chi connectivity index (χ1n) is 13.3. The number of imidazole rings is 1. The van der Waals surface area contributed by atoms with Crippen LogP contribution in [0.1, 0.15) is 52.0 Å². The van der Waals surface area contributed by atoms with Crippen LogP contribution in [0.5, 0.6) is 5.75 Å². The van der Waals surface area contributed by atoms with E-state index in [1.165, 1.54) is 0 Å². The second kappa shape index (κ2) is 11.1. The molecule has 2 fully saturated rings. The van der Waals surface area contributed by atoms with Crippen molar-refractivity contribution in [2.24, 2.45) is 0 Å². The number of rotatable bonds is 5. The van der Waals surface area contributed by atoms with E-state index in [9.17, 15) is 9.90 Å². The number of carbonyl (C=O) groups is 1. The van der Waals surface area contributed by atoms with Crippen molar-refractivity contribution in [3.63, 3.8) is 0 Å². The average molecular weight is 534 g/mol. The Balaban J connectivity index is 1.05. The number of aromatic nitrogens is 3. The molecule has 0 unspecified atom stereocenters. The Morgan fingerprint density at radius 3 is 2.56 bits per heavy atom. The Morgan fingerprint density at radius 2 is 1.85 bits per heavy atom. The van der Waals surface area contributed by atoms with Crippen molar-refractivity contribution < 1.29 is 24.1 Å². The van der Waals surface area contributed by atoms with E-state index in [2.05, 4.69) is 21.8 Å². The number of nitrogens with zero attached hydrogens (tertiary/aromatic N) is 4. The van der Waals surface area contributed by atoms with E-state index in [0.29, 0.717) is 41.5 Å². The molecule has 0 bridgehead atoms. The predicted molar refractivity (Wildman–Crippen MR) is 146 cm³/mol. The maximum Gasteiger partial charge on any atom is 0.410 e. The fourth-order valence-corrected chi connectivity index (χ4v) is 4.68. The summed E-state index contributed by atoms with van der Waals surface area (Å²) in [4.78, 5) is 22.8. The van der Waals surface area contributed by atoms with Crippen LogP contribution < -0.4 is 5.73 Å². The van der Waals surface area contributed by atoms with E-state index in [0.717, 1.165) is 25.7 Å². The summed E-state index contributed by atoms with van der Waals surface area (Å²) in [6.45, 7) is 7.23. The molecule has 2 aliphatic rings. The standard InChI is InChI=1S/C29H35N5O5/c1-29(2,3)39-28(36)33-12-10-20(11-13-33)38-22-15-21(16-22)37-14-6-7-19-17-34-18-24(31-27(34)32-26(19)30)23-8-4-5-9-25(23)35/h4-5,8-9,17-18,20-22,35H,10-16H2,1-3H3,(H2,30,31,32). The summed E-state index contributed by atoms with van der Waals surface area (Å²) >= 11 is 0. The van der Waals surface area contributed by atoms with Gasteiger partial charge in [-0.05, 0) is 45.7 Å². The molecule has 3 N–H and O–H groups in total. The molecule has 39 heavy (non-hydrogen) atoms. The molecule has 3 heterocycles. The Labute approximate surface area is 228 Å². The van der Waals surface area contributed by atoms with Crippen molar-refractivity contribution in [3.05, 3.63) is 42.2 Å². The minimum Gasteiger partial charge on any atom is -0.507 e. The average Bonchev–Trinajstić information content (AvgIpc) is 3.26. The summed E-state index contributed by atoms with van der Waals surface area (Å²) in [5, 5.41) is 10.1. The van der Waals surface area contributed by atoms with Gasteiger partial charge in [0, 0.05) is 43.9 Å². The molecule has 0 spiro atoms. The lowest BCUT2D eigenvalue weighted by Crippen LogP contribution is -2.46. The lowest BCUT2D eigenvalue weighted by molar-refractivity contribution is -0.130. The van der Waals surface area contributed by atoms with E-state index in [1.807, 2.05) is 26.8 Å². The number of benzene rings is 1. The van der Waals surface area contributed by atoms with E-state index < -0.39 is 5.60 Å². The van der Waals surface area contributed by atoms with E-state index >= 15 is 0 Å². The van der Waals surface area contributed by atoms with Crippen LogP contribution >= 0.6 is 0 Å². The third-order valence-electron chi connectivity index (χ3n) is 6.80. The smallest absolute Gasteiger partial charge is 0.410 e. The zero-order chi connectivity index (χ0) is 27.6. The normalized spacial score (nSPS) is 19.8. The highest BCUT2D eigenvalue weighted by atomic mass is 16.6.